The van der Waals surface area contributed by atoms with E-state index in [1.165, 1.54) is 34.8 Å². The number of sulfone groups is 1. The molecule has 3 aromatic rings. The quantitative estimate of drug-likeness (QED) is 0.502. The maximum atomic E-state index is 12.3. The topological polar surface area (TPSA) is 130 Å². The second kappa shape index (κ2) is 8.68. The number of aromatic nitrogens is 2. The molecule has 0 saturated carbocycles. The van der Waals surface area contributed by atoms with Crippen molar-refractivity contribution in [2.45, 2.75) is 11.3 Å². The molecular formula is C17H17N5O4S3. The van der Waals surface area contributed by atoms with Gasteiger partial charge >= 0.3 is 0 Å². The Hall–Kier alpha value is -2.83. The summed E-state index contributed by atoms with van der Waals surface area (Å²) < 4.78 is 23.0. The van der Waals surface area contributed by atoms with Gasteiger partial charge in [-0.25, -0.2) is 18.4 Å². The highest BCUT2D eigenvalue weighted by molar-refractivity contribution is 7.90. The van der Waals surface area contributed by atoms with Gasteiger partial charge in [-0.05, 0) is 24.3 Å². The van der Waals surface area contributed by atoms with Crippen molar-refractivity contribution >= 4 is 60.3 Å². The summed E-state index contributed by atoms with van der Waals surface area (Å²) in [4.78, 5) is 32.4. The summed E-state index contributed by atoms with van der Waals surface area (Å²) >= 11 is 2.46. The molecule has 2 heterocycles. The molecule has 0 aliphatic carbocycles. The Morgan fingerprint density at radius 3 is 2.38 bits per heavy atom. The second-order valence-electron chi connectivity index (χ2n) is 5.91. The Bertz CT molecular complexity index is 1140. The van der Waals surface area contributed by atoms with E-state index in [1.807, 2.05) is 0 Å². The number of benzene rings is 1. The minimum absolute atomic E-state index is 0.145. The van der Waals surface area contributed by atoms with Crippen LogP contribution in [0.25, 0.3) is 0 Å². The highest BCUT2D eigenvalue weighted by atomic mass is 32.2. The van der Waals surface area contributed by atoms with E-state index in [1.54, 1.807) is 29.9 Å². The first-order chi connectivity index (χ1) is 13.7. The minimum atomic E-state index is -3.26. The van der Waals surface area contributed by atoms with Gasteiger partial charge in [-0.1, -0.05) is 0 Å². The molecule has 0 fully saturated rings. The van der Waals surface area contributed by atoms with Gasteiger partial charge in [0.25, 0.3) is 5.91 Å². The lowest BCUT2D eigenvalue weighted by Crippen LogP contribution is -2.20. The number of nitrogens with one attached hydrogen (secondary N) is 3. The van der Waals surface area contributed by atoms with Crippen molar-refractivity contribution in [2.75, 3.05) is 23.9 Å². The van der Waals surface area contributed by atoms with Gasteiger partial charge in [-0.15, -0.1) is 22.7 Å². The van der Waals surface area contributed by atoms with Gasteiger partial charge in [-0.3, -0.25) is 14.9 Å². The number of anilines is 3. The van der Waals surface area contributed by atoms with E-state index in [0.29, 0.717) is 21.6 Å². The lowest BCUT2D eigenvalue weighted by molar-refractivity contribution is -0.120. The first kappa shape index (κ1) is 20.9. The van der Waals surface area contributed by atoms with Crippen LogP contribution in [-0.2, 0) is 21.1 Å². The van der Waals surface area contributed by atoms with Crippen LogP contribution in [0, 0.1) is 0 Å². The average Bonchev–Trinajstić information content (AvgIpc) is 3.31. The lowest BCUT2D eigenvalue weighted by atomic mass is 10.3. The standard InChI is InChI=1S/C17H17N5O4S3/c1-18-14(23)7-11-8-27-17(20-11)22-15(24)13-9-28-16(21-13)19-10-3-5-12(6-4-10)29(2,25)26/h3-6,8-9H,7H2,1-2H3,(H,18,23)(H,19,21)(H,20,22,24). The largest absolute Gasteiger partial charge is 0.359 e. The maximum absolute atomic E-state index is 12.3. The van der Waals surface area contributed by atoms with Crippen LogP contribution in [0.4, 0.5) is 16.0 Å². The molecule has 0 unspecified atom stereocenters. The Balaban J connectivity index is 1.62. The van der Waals surface area contributed by atoms with Gasteiger partial charge in [0.05, 0.1) is 17.0 Å². The van der Waals surface area contributed by atoms with Crippen molar-refractivity contribution in [3.63, 3.8) is 0 Å². The van der Waals surface area contributed by atoms with Crippen LogP contribution < -0.4 is 16.0 Å². The van der Waals surface area contributed by atoms with Crippen molar-refractivity contribution < 1.29 is 18.0 Å². The Kier molecular flexibility index (Phi) is 6.25. The summed E-state index contributed by atoms with van der Waals surface area (Å²) in [5, 5.41) is 12.4. The van der Waals surface area contributed by atoms with Crippen molar-refractivity contribution in [3.05, 3.63) is 46.4 Å². The van der Waals surface area contributed by atoms with Gasteiger partial charge in [-0.2, -0.15) is 0 Å². The number of hydrogen-bond acceptors (Lipinski definition) is 9. The van der Waals surface area contributed by atoms with Crippen LogP contribution in [0.15, 0.2) is 39.9 Å². The predicted molar refractivity (Wildman–Crippen MR) is 113 cm³/mol. The van der Waals surface area contributed by atoms with Gasteiger partial charge in [0.2, 0.25) is 5.91 Å². The smallest absolute Gasteiger partial charge is 0.276 e. The van der Waals surface area contributed by atoms with E-state index < -0.39 is 15.7 Å². The first-order valence-electron chi connectivity index (χ1n) is 8.23. The molecule has 12 heteroatoms. The van der Waals surface area contributed by atoms with Crippen molar-refractivity contribution in [3.8, 4) is 0 Å². The zero-order valence-corrected chi connectivity index (χ0v) is 17.9. The van der Waals surface area contributed by atoms with Gasteiger partial charge < -0.3 is 10.6 Å². The van der Waals surface area contributed by atoms with Crippen LogP contribution in [-0.4, -0.2) is 43.5 Å². The molecule has 29 heavy (non-hydrogen) atoms. The lowest BCUT2D eigenvalue weighted by Gasteiger charge is -2.03. The Morgan fingerprint density at radius 1 is 1.03 bits per heavy atom. The predicted octanol–water partition coefficient (Wildman–Crippen LogP) is 2.29. The summed E-state index contributed by atoms with van der Waals surface area (Å²) in [6, 6.07) is 6.25. The Labute approximate surface area is 175 Å². The van der Waals surface area contributed by atoms with Crippen LogP contribution in [0.3, 0.4) is 0 Å². The van der Waals surface area contributed by atoms with E-state index >= 15 is 0 Å². The third kappa shape index (κ3) is 5.59. The van der Waals surface area contributed by atoms with Crippen LogP contribution in [0.1, 0.15) is 16.2 Å². The summed E-state index contributed by atoms with van der Waals surface area (Å²) in [5.41, 5.74) is 1.44. The molecular weight excluding hydrogens is 434 g/mol. The summed E-state index contributed by atoms with van der Waals surface area (Å²) in [6.45, 7) is 0. The minimum Gasteiger partial charge on any atom is -0.359 e. The monoisotopic (exact) mass is 451 g/mol. The summed E-state index contributed by atoms with van der Waals surface area (Å²) in [5.74, 6) is -0.574. The maximum Gasteiger partial charge on any atom is 0.276 e. The second-order valence-corrected chi connectivity index (χ2v) is 9.64. The molecule has 2 amide bonds. The van der Waals surface area contributed by atoms with Crippen LogP contribution >= 0.6 is 22.7 Å². The Morgan fingerprint density at radius 2 is 1.72 bits per heavy atom. The molecule has 0 saturated heterocycles. The van der Waals surface area contributed by atoms with Gasteiger partial charge in [0, 0.05) is 29.8 Å². The zero-order chi connectivity index (χ0) is 21.0. The van der Waals surface area contributed by atoms with E-state index in [0.717, 1.165) is 6.26 Å². The third-order valence-electron chi connectivity index (χ3n) is 3.66. The van der Waals surface area contributed by atoms with Crippen molar-refractivity contribution in [2.24, 2.45) is 0 Å². The molecule has 0 bridgehead atoms. The molecule has 9 nitrogen and oxygen atoms in total. The fraction of sp³-hybridized carbons (Fsp3) is 0.176. The molecule has 0 aliphatic heterocycles. The summed E-state index contributed by atoms with van der Waals surface area (Å²) in [6.07, 6.45) is 1.29. The number of carbonyl (C=O) groups excluding carboxylic acids is 2. The average molecular weight is 452 g/mol. The number of carbonyl (C=O) groups is 2. The number of amides is 2. The molecule has 0 aliphatic rings. The first-order valence-corrected chi connectivity index (χ1v) is 11.9. The highest BCUT2D eigenvalue weighted by Crippen LogP contribution is 2.23. The van der Waals surface area contributed by atoms with Gasteiger partial charge in [0.15, 0.2) is 20.1 Å². The number of thiazole rings is 2. The molecule has 1 aromatic carbocycles. The van der Waals surface area contributed by atoms with E-state index in [9.17, 15) is 18.0 Å². The normalized spacial score (nSPS) is 11.1. The number of nitrogens with zero attached hydrogens (tertiary/aromatic N) is 2. The fourth-order valence-corrected chi connectivity index (χ4v) is 4.25. The van der Waals surface area contributed by atoms with Crippen LogP contribution in [0.5, 0.6) is 0 Å². The summed E-state index contributed by atoms with van der Waals surface area (Å²) in [7, 11) is -1.71. The van der Waals surface area contributed by atoms with Gasteiger partial charge in [0.1, 0.15) is 5.69 Å². The zero-order valence-electron chi connectivity index (χ0n) is 15.4. The van der Waals surface area contributed by atoms with E-state index in [-0.39, 0.29) is 22.9 Å². The fourth-order valence-electron chi connectivity index (χ4n) is 2.20. The van der Waals surface area contributed by atoms with E-state index in [4.69, 9.17) is 0 Å². The number of hydrogen-bond donors (Lipinski definition) is 3. The molecule has 0 radical (unpaired) electrons. The molecule has 0 spiro atoms. The van der Waals surface area contributed by atoms with E-state index in [2.05, 4.69) is 25.9 Å². The highest BCUT2D eigenvalue weighted by Gasteiger charge is 2.14. The number of likely N-dealkylation sites (N-methyl/N-ethyl adjacent to an activating group) is 1. The van der Waals surface area contributed by atoms with Crippen LogP contribution in [0.2, 0.25) is 0 Å². The third-order valence-corrected chi connectivity index (χ3v) is 6.36. The number of rotatable bonds is 7. The van der Waals surface area contributed by atoms with Crippen molar-refractivity contribution in [1.29, 1.82) is 0 Å². The van der Waals surface area contributed by atoms with Crippen molar-refractivity contribution in [1.82, 2.24) is 15.3 Å². The molecule has 2 aromatic heterocycles. The molecule has 152 valence electrons. The molecule has 3 N–H and O–H groups in total. The molecule has 3 rings (SSSR count). The SMILES string of the molecule is CNC(=O)Cc1csc(NC(=O)c2csc(Nc3ccc(S(C)(=O)=O)cc3)n2)n1. The molecule has 0 atom stereocenters.